The lowest BCUT2D eigenvalue weighted by molar-refractivity contribution is 0.721. The van der Waals surface area contributed by atoms with Gasteiger partial charge in [-0.2, -0.15) is 0 Å². The maximum absolute atomic E-state index is 11.5. The number of halogens is 1. The summed E-state index contributed by atoms with van der Waals surface area (Å²) >= 11 is 0. The molecule has 0 saturated carbocycles. The Balaban J connectivity index is 4.10. The van der Waals surface area contributed by atoms with Gasteiger partial charge in [-0.15, -0.1) is 0 Å². The molecule has 0 saturated heterocycles. The molecule has 0 spiro atoms. The summed E-state index contributed by atoms with van der Waals surface area (Å²) in [7, 11) is 0. The van der Waals surface area contributed by atoms with E-state index in [9.17, 15) is 4.39 Å². The fourth-order valence-electron chi connectivity index (χ4n) is 0.831. The highest BCUT2D eigenvalue weighted by atomic mass is 19.1. The molecule has 11 heavy (non-hydrogen) atoms. The van der Waals surface area contributed by atoms with Crippen LogP contribution >= 0.6 is 0 Å². The molecule has 62 valence electrons. The van der Waals surface area contributed by atoms with Crippen LogP contribution in [0.1, 0.15) is 20.8 Å². The van der Waals surface area contributed by atoms with Crippen molar-refractivity contribution in [3.05, 3.63) is 36.2 Å². The molecule has 0 nitrogen and oxygen atoms in total. The van der Waals surface area contributed by atoms with E-state index < -0.39 is 0 Å². The van der Waals surface area contributed by atoms with Gasteiger partial charge in [0.05, 0.1) is 6.33 Å². The topological polar surface area (TPSA) is 0 Å². The SMILES string of the molecule is C/C=C(/C=C\C=C\F)C(C)C. The molecule has 0 aliphatic rings. The van der Waals surface area contributed by atoms with Crippen molar-refractivity contribution in [1.29, 1.82) is 0 Å². The largest absolute Gasteiger partial charge is 0.216 e. The zero-order chi connectivity index (χ0) is 8.69. The van der Waals surface area contributed by atoms with E-state index in [0.29, 0.717) is 12.2 Å². The molecular formula is C10H15F. The van der Waals surface area contributed by atoms with Crippen LogP contribution in [-0.2, 0) is 0 Å². The fraction of sp³-hybridized carbons (Fsp3) is 0.400. The van der Waals surface area contributed by atoms with Crippen molar-refractivity contribution < 1.29 is 4.39 Å². The van der Waals surface area contributed by atoms with Crippen molar-refractivity contribution >= 4 is 0 Å². The summed E-state index contributed by atoms with van der Waals surface area (Å²) in [6.07, 6.45) is 7.57. The molecule has 0 fully saturated rings. The zero-order valence-electron chi connectivity index (χ0n) is 7.34. The highest BCUT2D eigenvalue weighted by Crippen LogP contribution is 2.10. The van der Waals surface area contributed by atoms with E-state index in [1.165, 1.54) is 11.6 Å². The predicted molar refractivity (Wildman–Crippen MR) is 48.0 cm³/mol. The van der Waals surface area contributed by atoms with Gasteiger partial charge >= 0.3 is 0 Å². The summed E-state index contributed by atoms with van der Waals surface area (Å²) in [5, 5.41) is 0. The van der Waals surface area contributed by atoms with E-state index in [2.05, 4.69) is 13.8 Å². The average Bonchev–Trinajstić information content (AvgIpc) is 1.97. The first-order valence-electron chi connectivity index (χ1n) is 3.82. The third kappa shape index (κ3) is 4.54. The summed E-state index contributed by atoms with van der Waals surface area (Å²) in [6, 6.07) is 0. The summed E-state index contributed by atoms with van der Waals surface area (Å²) < 4.78 is 11.5. The molecule has 0 heterocycles. The second kappa shape index (κ2) is 5.90. The van der Waals surface area contributed by atoms with Gasteiger partial charge in [0.1, 0.15) is 0 Å². The third-order valence-electron chi connectivity index (χ3n) is 1.47. The predicted octanol–water partition coefficient (Wildman–Crippen LogP) is 3.63. The molecule has 0 rings (SSSR count). The van der Waals surface area contributed by atoms with Crippen molar-refractivity contribution in [2.24, 2.45) is 5.92 Å². The fourth-order valence-corrected chi connectivity index (χ4v) is 0.831. The van der Waals surface area contributed by atoms with E-state index in [1.54, 1.807) is 6.08 Å². The van der Waals surface area contributed by atoms with Gasteiger partial charge in [-0.1, -0.05) is 32.1 Å². The Morgan fingerprint density at radius 2 is 1.91 bits per heavy atom. The van der Waals surface area contributed by atoms with E-state index in [4.69, 9.17) is 0 Å². The lowest BCUT2D eigenvalue weighted by Crippen LogP contribution is -1.88. The Bertz CT molecular complexity index is 173. The van der Waals surface area contributed by atoms with Gasteiger partial charge in [0, 0.05) is 0 Å². The molecule has 0 bridgehead atoms. The van der Waals surface area contributed by atoms with Crippen molar-refractivity contribution in [2.75, 3.05) is 0 Å². The second-order valence-corrected chi connectivity index (χ2v) is 2.62. The van der Waals surface area contributed by atoms with Crippen LogP contribution in [0.5, 0.6) is 0 Å². The van der Waals surface area contributed by atoms with Gasteiger partial charge in [-0.25, -0.2) is 4.39 Å². The number of rotatable bonds is 3. The van der Waals surface area contributed by atoms with Crippen molar-refractivity contribution in [1.82, 2.24) is 0 Å². The molecule has 0 unspecified atom stereocenters. The van der Waals surface area contributed by atoms with Gasteiger partial charge in [0.15, 0.2) is 0 Å². The van der Waals surface area contributed by atoms with Gasteiger partial charge in [0.2, 0.25) is 0 Å². The van der Waals surface area contributed by atoms with Gasteiger partial charge in [-0.3, -0.25) is 0 Å². The molecule has 0 aromatic carbocycles. The van der Waals surface area contributed by atoms with Gasteiger partial charge < -0.3 is 0 Å². The van der Waals surface area contributed by atoms with E-state index in [1.807, 2.05) is 19.1 Å². The third-order valence-corrected chi connectivity index (χ3v) is 1.47. The normalized spacial score (nSPS) is 14.1. The minimum Gasteiger partial charge on any atom is -0.216 e. The second-order valence-electron chi connectivity index (χ2n) is 2.62. The first-order chi connectivity index (χ1) is 5.22. The van der Waals surface area contributed by atoms with Crippen LogP contribution < -0.4 is 0 Å². The van der Waals surface area contributed by atoms with Crippen LogP contribution in [0, 0.1) is 5.92 Å². The van der Waals surface area contributed by atoms with Gasteiger partial charge in [-0.05, 0) is 24.5 Å². The molecule has 0 aliphatic heterocycles. The summed E-state index contributed by atoms with van der Waals surface area (Å²) in [6.45, 7) is 6.20. The Kier molecular flexibility index (Phi) is 5.44. The van der Waals surface area contributed by atoms with E-state index in [-0.39, 0.29) is 0 Å². The van der Waals surface area contributed by atoms with Crippen molar-refractivity contribution in [3.63, 3.8) is 0 Å². The van der Waals surface area contributed by atoms with E-state index >= 15 is 0 Å². The number of hydrogen-bond acceptors (Lipinski definition) is 0. The van der Waals surface area contributed by atoms with Crippen LogP contribution in [0.4, 0.5) is 4.39 Å². The first-order valence-corrected chi connectivity index (χ1v) is 3.82. The number of allylic oxidation sites excluding steroid dienone is 5. The maximum Gasteiger partial charge on any atom is 0.0866 e. The summed E-state index contributed by atoms with van der Waals surface area (Å²) in [4.78, 5) is 0. The minimum absolute atomic E-state index is 0.504. The molecule has 0 amide bonds. The first kappa shape index (κ1) is 10.2. The van der Waals surface area contributed by atoms with Crippen LogP contribution in [0.25, 0.3) is 0 Å². The Morgan fingerprint density at radius 1 is 1.27 bits per heavy atom. The Morgan fingerprint density at radius 3 is 2.27 bits per heavy atom. The minimum atomic E-state index is 0.504. The molecule has 0 N–H and O–H groups in total. The van der Waals surface area contributed by atoms with Gasteiger partial charge in [0.25, 0.3) is 0 Å². The molecule has 0 aliphatic carbocycles. The van der Waals surface area contributed by atoms with Crippen molar-refractivity contribution in [3.8, 4) is 0 Å². The highest BCUT2D eigenvalue weighted by Gasteiger charge is 1.94. The monoisotopic (exact) mass is 154 g/mol. The average molecular weight is 154 g/mol. The molecular weight excluding hydrogens is 139 g/mol. The molecule has 0 aromatic heterocycles. The Hall–Kier alpha value is -0.850. The molecule has 1 heteroatoms. The Labute approximate surface area is 68.1 Å². The lowest BCUT2D eigenvalue weighted by Gasteiger charge is -2.03. The molecule has 0 aromatic rings. The summed E-state index contributed by atoms with van der Waals surface area (Å²) in [5.74, 6) is 0.504. The van der Waals surface area contributed by atoms with Crippen LogP contribution in [0.3, 0.4) is 0 Å². The highest BCUT2D eigenvalue weighted by molar-refractivity contribution is 5.22. The molecule has 0 radical (unpaired) electrons. The van der Waals surface area contributed by atoms with Crippen LogP contribution in [0.2, 0.25) is 0 Å². The standard InChI is InChI=1S/C10H15F/c1-4-10(9(2)3)7-5-6-8-11/h4-9H,1-3H3/b7-5-,8-6+,10-4-. The number of hydrogen-bond donors (Lipinski definition) is 0. The van der Waals surface area contributed by atoms with Crippen LogP contribution in [-0.4, -0.2) is 0 Å². The summed E-state index contributed by atoms with van der Waals surface area (Å²) in [5.41, 5.74) is 1.23. The maximum atomic E-state index is 11.5. The quantitative estimate of drug-likeness (QED) is 0.544. The smallest absolute Gasteiger partial charge is 0.0866 e. The van der Waals surface area contributed by atoms with Crippen LogP contribution in [0.15, 0.2) is 36.2 Å². The molecule has 0 atom stereocenters. The zero-order valence-corrected chi connectivity index (χ0v) is 7.34. The van der Waals surface area contributed by atoms with E-state index in [0.717, 1.165) is 0 Å². The lowest BCUT2D eigenvalue weighted by atomic mass is 10.0. The van der Waals surface area contributed by atoms with Crippen molar-refractivity contribution in [2.45, 2.75) is 20.8 Å².